The molecule has 6 heteroatoms. The SMILES string of the molecule is COc1ccc(OCC(=O)NC2CCCCC2)c(C(=O)O)c1. The summed E-state index contributed by atoms with van der Waals surface area (Å²) < 4.78 is 10.3. The lowest BCUT2D eigenvalue weighted by Gasteiger charge is -2.22. The first-order chi connectivity index (χ1) is 10.6. The van der Waals surface area contributed by atoms with Crippen molar-refractivity contribution in [2.45, 2.75) is 38.1 Å². The van der Waals surface area contributed by atoms with Gasteiger partial charge in [0.15, 0.2) is 6.61 Å². The fourth-order valence-corrected chi connectivity index (χ4v) is 2.59. The third-order valence-electron chi connectivity index (χ3n) is 3.75. The molecule has 0 heterocycles. The molecule has 0 saturated heterocycles. The van der Waals surface area contributed by atoms with Gasteiger partial charge < -0.3 is 19.9 Å². The summed E-state index contributed by atoms with van der Waals surface area (Å²) in [5, 5.41) is 12.1. The lowest BCUT2D eigenvalue weighted by Crippen LogP contribution is -2.39. The second-order valence-corrected chi connectivity index (χ2v) is 5.36. The Labute approximate surface area is 129 Å². The monoisotopic (exact) mass is 307 g/mol. The first-order valence-electron chi connectivity index (χ1n) is 7.43. The minimum Gasteiger partial charge on any atom is -0.497 e. The van der Waals surface area contributed by atoms with Crippen LogP contribution in [0.15, 0.2) is 18.2 Å². The molecule has 1 aromatic carbocycles. The number of amides is 1. The summed E-state index contributed by atoms with van der Waals surface area (Å²) in [6.45, 7) is -0.191. The van der Waals surface area contributed by atoms with Crippen molar-refractivity contribution < 1.29 is 24.2 Å². The summed E-state index contributed by atoms with van der Waals surface area (Å²) in [6, 6.07) is 4.67. The highest BCUT2D eigenvalue weighted by atomic mass is 16.5. The highest BCUT2D eigenvalue weighted by Gasteiger charge is 2.17. The van der Waals surface area contributed by atoms with E-state index in [4.69, 9.17) is 9.47 Å². The second kappa shape index (κ2) is 7.68. The molecule has 2 N–H and O–H groups in total. The predicted octanol–water partition coefficient (Wildman–Crippen LogP) is 2.22. The van der Waals surface area contributed by atoms with Gasteiger partial charge in [0.1, 0.15) is 17.1 Å². The summed E-state index contributed by atoms with van der Waals surface area (Å²) in [6.07, 6.45) is 5.47. The Balaban J connectivity index is 1.92. The zero-order valence-electron chi connectivity index (χ0n) is 12.6. The number of aromatic carboxylic acids is 1. The minimum atomic E-state index is -1.12. The van der Waals surface area contributed by atoms with Crippen LogP contribution in [0.2, 0.25) is 0 Å². The standard InChI is InChI=1S/C16H21NO5/c1-21-12-7-8-14(13(9-12)16(19)20)22-10-15(18)17-11-5-3-2-4-6-11/h7-9,11H,2-6,10H2,1H3,(H,17,18)(H,19,20). The topological polar surface area (TPSA) is 84.9 Å². The van der Waals surface area contributed by atoms with E-state index in [1.165, 1.54) is 25.7 Å². The Hall–Kier alpha value is -2.24. The van der Waals surface area contributed by atoms with E-state index in [0.29, 0.717) is 5.75 Å². The Bertz CT molecular complexity index is 537. The van der Waals surface area contributed by atoms with Crippen LogP contribution in [-0.2, 0) is 4.79 Å². The van der Waals surface area contributed by atoms with E-state index in [9.17, 15) is 14.7 Å². The van der Waals surface area contributed by atoms with E-state index in [-0.39, 0.29) is 29.9 Å². The second-order valence-electron chi connectivity index (χ2n) is 5.36. The molecule has 1 fully saturated rings. The number of methoxy groups -OCH3 is 1. The molecular formula is C16H21NO5. The summed E-state index contributed by atoms with van der Waals surface area (Å²) in [7, 11) is 1.46. The molecule has 120 valence electrons. The van der Waals surface area contributed by atoms with Crippen molar-refractivity contribution in [3.63, 3.8) is 0 Å². The molecule has 6 nitrogen and oxygen atoms in total. The van der Waals surface area contributed by atoms with E-state index in [1.807, 2.05) is 0 Å². The molecular weight excluding hydrogens is 286 g/mol. The quantitative estimate of drug-likeness (QED) is 0.842. The lowest BCUT2D eigenvalue weighted by molar-refractivity contribution is -0.124. The molecule has 0 atom stereocenters. The number of carboxylic acids is 1. The Morgan fingerprint density at radius 1 is 1.27 bits per heavy atom. The highest BCUT2D eigenvalue weighted by Crippen LogP contribution is 2.24. The van der Waals surface area contributed by atoms with Gasteiger partial charge in [0, 0.05) is 6.04 Å². The summed E-state index contributed by atoms with van der Waals surface area (Å²) in [5.41, 5.74) is -0.0233. The summed E-state index contributed by atoms with van der Waals surface area (Å²) in [4.78, 5) is 23.1. The maximum atomic E-state index is 11.9. The van der Waals surface area contributed by atoms with Gasteiger partial charge in [-0.15, -0.1) is 0 Å². The van der Waals surface area contributed by atoms with E-state index in [1.54, 1.807) is 6.07 Å². The van der Waals surface area contributed by atoms with E-state index in [2.05, 4.69) is 5.32 Å². The van der Waals surface area contributed by atoms with Gasteiger partial charge in [-0.2, -0.15) is 0 Å². The van der Waals surface area contributed by atoms with Gasteiger partial charge in [0.25, 0.3) is 5.91 Å². The number of hydrogen-bond acceptors (Lipinski definition) is 4. The zero-order valence-corrected chi connectivity index (χ0v) is 12.6. The van der Waals surface area contributed by atoms with E-state index < -0.39 is 5.97 Å². The van der Waals surface area contributed by atoms with Gasteiger partial charge in [0.2, 0.25) is 0 Å². The van der Waals surface area contributed by atoms with Crippen molar-refractivity contribution in [1.29, 1.82) is 0 Å². The predicted molar refractivity (Wildman–Crippen MR) is 80.5 cm³/mol. The molecule has 0 aliphatic heterocycles. The molecule has 0 bridgehead atoms. The number of carboxylic acid groups (broad SMARTS) is 1. The molecule has 1 aromatic rings. The van der Waals surface area contributed by atoms with E-state index >= 15 is 0 Å². The molecule has 0 spiro atoms. The van der Waals surface area contributed by atoms with Crippen molar-refractivity contribution in [3.05, 3.63) is 23.8 Å². The number of hydrogen-bond donors (Lipinski definition) is 2. The van der Waals surface area contributed by atoms with E-state index in [0.717, 1.165) is 25.7 Å². The Kier molecular flexibility index (Phi) is 5.63. The number of benzene rings is 1. The van der Waals surface area contributed by atoms with Crippen molar-refractivity contribution in [2.24, 2.45) is 0 Å². The largest absolute Gasteiger partial charge is 0.497 e. The van der Waals surface area contributed by atoms with Crippen LogP contribution in [0.5, 0.6) is 11.5 Å². The Morgan fingerprint density at radius 2 is 2.00 bits per heavy atom. The van der Waals surface area contributed by atoms with Crippen LogP contribution in [0.3, 0.4) is 0 Å². The lowest BCUT2D eigenvalue weighted by atomic mass is 9.95. The van der Waals surface area contributed by atoms with Gasteiger partial charge in [-0.1, -0.05) is 19.3 Å². The van der Waals surface area contributed by atoms with Crippen molar-refractivity contribution in [2.75, 3.05) is 13.7 Å². The zero-order chi connectivity index (χ0) is 15.9. The van der Waals surface area contributed by atoms with Crippen LogP contribution in [0, 0.1) is 0 Å². The van der Waals surface area contributed by atoms with Crippen molar-refractivity contribution in [3.8, 4) is 11.5 Å². The average molecular weight is 307 g/mol. The maximum absolute atomic E-state index is 11.9. The smallest absolute Gasteiger partial charge is 0.339 e. The number of nitrogens with one attached hydrogen (secondary N) is 1. The number of ether oxygens (including phenoxy) is 2. The maximum Gasteiger partial charge on any atom is 0.339 e. The first-order valence-corrected chi connectivity index (χ1v) is 7.43. The van der Waals surface area contributed by atoms with Crippen LogP contribution in [0.4, 0.5) is 0 Å². The third-order valence-corrected chi connectivity index (χ3v) is 3.75. The summed E-state index contributed by atoms with van der Waals surface area (Å²) in [5.74, 6) is -0.760. The molecule has 0 unspecified atom stereocenters. The molecule has 1 aliphatic rings. The van der Waals surface area contributed by atoms with Gasteiger partial charge >= 0.3 is 5.97 Å². The molecule has 0 radical (unpaired) electrons. The van der Waals surface area contributed by atoms with Gasteiger partial charge in [-0.25, -0.2) is 4.79 Å². The van der Waals surface area contributed by atoms with Crippen LogP contribution in [0.1, 0.15) is 42.5 Å². The van der Waals surface area contributed by atoms with Crippen LogP contribution in [0.25, 0.3) is 0 Å². The highest BCUT2D eigenvalue weighted by molar-refractivity contribution is 5.91. The van der Waals surface area contributed by atoms with Crippen molar-refractivity contribution in [1.82, 2.24) is 5.32 Å². The molecule has 1 saturated carbocycles. The van der Waals surface area contributed by atoms with Gasteiger partial charge in [-0.05, 0) is 31.0 Å². The molecule has 1 aliphatic carbocycles. The number of carbonyl (C=O) groups is 2. The van der Waals surface area contributed by atoms with Gasteiger partial charge in [-0.3, -0.25) is 4.79 Å². The molecule has 0 aromatic heterocycles. The normalized spacial score (nSPS) is 15.1. The fraction of sp³-hybridized carbons (Fsp3) is 0.500. The first kappa shape index (κ1) is 16.1. The van der Waals surface area contributed by atoms with Gasteiger partial charge in [0.05, 0.1) is 7.11 Å². The molecule has 1 amide bonds. The molecule has 2 rings (SSSR count). The van der Waals surface area contributed by atoms with Crippen LogP contribution < -0.4 is 14.8 Å². The van der Waals surface area contributed by atoms with Crippen LogP contribution >= 0.6 is 0 Å². The fourth-order valence-electron chi connectivity index (χ4n) is 2.59. The number of carbonyl (C=O) groups excluding carboxylic acids is 1. The average Bonchev–Trinajstić information content (AvgIpc) is 2.53. The Morgan fingerprint density at radius 3 is 2.64 bits per heavy atom. The minimum absolute atomic E-state index is 0.0233. The molecule has 22 heavy (non-hydrogen) atoms. The third kappa shape index (κ3) is 4.38. The summed E-state index contributed by atoms with van der Waals surface area (Å²) >= 11 is 0. The van der Waals surface area contributed by atoms with Crippen LogP contribution in [-0.4, -0.2) is 36.7 Å². The number of rotatable bonds is 6. The van der Waals surface area contributed by atoms with Crippen molar-refractivity contribution >= 4 is 11.9 Å².